The fraction of sp³-hybridized carbons (Fsp3) is 0.381. The fourth-order valence-corrected chi connectivity index (χ4v) is 2.96. The second kappa shape index (κ2) is 10.4. The van der Waals surface area contributed by atoms with Gasteiger partial charge in [0.05, 0.1) is 22.2 Å². The highest BCUT2D eigenvalue weighted by Crippen LogP contribution is 2.28. The molecule has 0 spiro atoms. The largest absolute Gasteiger partial charge is 0.507 e. The van der Waals surface area contributed by atoms with Crippen molar-refractivity contribution in [3.05, 3.63) is 57.6 Å². The van der Waals surface area contributed by atoms with Gasteiger partial charge in [0.15, 0.2) is 5.78 Å². The Morgan fingerprint density at radius 2 is 1.69 bits per heavy atom. The molecule has 0 radical (unpaired) electrons. The molecule has 0 atom stereocenters. The fourth-order valence-electron chi connectivity index (χ4n) is 2.66. The average molecular weight is 395 g/mol. The molecule has 2 rings (SSSR count). The second-order valence-electron chi connectivity index (χ2n) is 6.25. The van der Waals surface area contributed by atoms with E-state index in [1.54, 1.807) is 24.3 Å². The lowest BCUT2D eigenvalue weighted by atomic mass is 10.0. The third-order valence-corrected chi connectivity index (χ3v) is 4.90. The maximum absolute atomic E-state index is 12.5. The van der Waals surface area contributed by atoms with Gasteiger partial charge in [0.25, 0.3) is 0 Å². The Kier molecular flexibility index (Phi) is 8.27. The first-order valence-corrected chi connectivity index (χ1v) is 9.74. The van der Waals surface area contributed by atoms with Crippen LogP contribution in [-0.4, -0.2) is 17.5 Å². The molecule has 0 aliphatic carbocycles. The van der Waals surface area contributed by atoms with Gasteiger partial charge in [0.2, 0.25) is 0 Å². The van der Waals surface area contributed by atoms with Gasteiger partial charge >= 0.3 is 0 Å². The molecule has 2 aromatic rings. The van der Waals surface area contributed by atoms with Crippen molar-refractivity contribution in [1.82, 2.24) is 0 Å². The van der Waals surface area contributed by atoms with E-state index in [1.165, 1.54) is 37.8 Å². The predicted octanol–water partition coefficient (Wildman–Crippen LogP) is 6.67. The van der Waals surface area contributed by atoms with Crippen molar-refractivity contribution in [1.29, 1.82) is 0 Å². The number of benzene rings is 2. The molecule has 0 amide bonds. The van der Waals surface area contributed by atoms with E-state index in [0.717, 1.165) is 12.8 Å². The number of ketones is 1. The van der Waals surface area contributed by atoms with E-state index in [-0.39, 0.29) is 17.1 Å². The summed E-state index contributed by atoms with van der Waals surface area (Å²) in [6.07, 6.45) is 7.13. The standard InChI is InChI=1S/C21H24Cl2O3/c1-2-3-4-5-6-7-12-26-16-9-10-17(20(24)14-16)21(25)15-8-11-18(22)19(23)13-15/h8-11,13-14,24H,2-7,12H2,1H3. The lowest BCUT2D eigenvalue weighted by Gasteiger charge is -2.09. The molecule has 2 aromatic carbocycles. The molecule has 0 fully saturated rings. The first kappa shape index (κ1) is 20.6. The highest BCUT2D eigenvalue weighted by Gasteiger charge is 2.15. The quantitative estimate of drug-likeness (QED) is 0.361. The number of halogens is 2. The maximum Gasteiger partial charge on any atom is 0.196 e. The number of carbonyl (C=O) groups excluding carboxylic acids is 1. The number of hydrogen-bond acceptors (Lipinski definition) is 3. The average Bonchev–Trinajstić information content (AvgIpc) is 2.63. The molecule has 0 heterocycles. The van der Waals surface area contributed by atoms with Crippen molar-refractivity contribution in [2.45, 2.75) is 45.4 Å². The van der Waals surface area contributed by atoms with Gasteiger partial charge in [-0.25, -0.2) is 0 Å². The van der Waals surface area contributed by atoms with Crippen LogP contribution in [0.4, 0.5) is 0 Å². The first-order valence-electron chi connectivity index (χ1n) is 8.98. The molecule has 0 aromatic heterocycles. The van der Waals surface area contributed by atoms with Crippen molar-refractivity contribution in [3.8, 4) is 11.5 Å². The maximum atomic E-state index is 12.5. The number of aromatic hydroxyl groups is 1. The van der Waals surface area contributed by atoms with Crippen LogP contribution in [0.3, 0.4) is 0 Å². The lowest BCUT2D eigenvalue weighted by Crippen LogP contribution is -2.03. The summed E-state index contributed by atoms with van der Waals surface area (Å²) < 4.78 is 5.66. The SMILES string of the molecule is CCCCCCCCOc1ccc(C(=O)c2ccc(Cl)c(Cl)c2)c(O)c1. The summed E-state index contributed by atoms with van der Waals surface area (Å²) in [5.74, 6) is 0.131. The molecule has 5 heteroatoms. The summed E-state index contributed by atoms with van der Waals surface area (Å²) >= 11 is 11.8. The third-order valence-electron chi connectivity index (χ3n) is 4.16. The molecule has 1 N–H and O–H groups in total. The topological polar surface area (TPSA) is 46.5 Å². The summed E-state index contributed by atoms with van der Waals surface area (Å²) in [5.41, 5.74) is 0.575. The van der Waals surface area contributed by atoms with Crippen LogP contribution in [0.1, 0.15) is 61.4 Å². The number of hydrogen-bond donors (Lipinski definition) is 1. The zero-order valence-corrected chi connectivity index (χ0v) is 16.4. The predicted molar refractivity (Wildman–Crippen MR) is 107 cm³/mol. The minimum atomic E-state index is -0.316. The van der Waals surface area contributed by atoms with Crippen molar-refractivity contribution in [2.75, 3.05) is 6.61 Å². The van der Waals surface area contributed by atoms with Crippen molar-refractivity contribution < 1.29 is 14.6 Å². The Hall–Kier alpha value is -1.71. The summed E-state index contributed by atoms with van der Waals surface area (Å²) in [4.78, 5) is 12.5. The number of carbonyl (C=O) groups is 1. The van der Waals surface area contributed by atoms with Gasteiger partial charge in [-0.3, -0.25) is 4.79 Å². The van der Waals surface area contributed by atoms with Gasteiger partial charge < -0.3 is 9.84 Å². The highest BCUT2D eigenvalue weighted by atomic mass is 35.5. The monoisotopic (exact) mass is 394 g/mol. The Bertz CT molecular complexity index is 744. The Labute approximate surface area is 164 Å². The molecule has 0 aliphatic rings. The van der Waals surface area contributed by atoms with Gasteiger partial charge in [-0.15, -0.1) is 0 Å². The van der Waals surface area contributed by atoms with Crippen LogP contribution in [-0.2, 0) is 0 Å². The van der Waals surface area contributed by atoms with Gasteiger partial charge in [0.1, 0.15) is 11.5 Å². The van der Waals surface area contributed by atoms with Crippen molar-refractivity contribution in [2.24, 2.45) is 0 Å². The summed E-state index contributed by atoms with van der Waals surface area (Å²) in [5, 5.41) is 10.9. The molecule has 0 unspecified atom stereocenters. The molecule has 3 nitrogen and oxygen atoms in total. The van der Waals surface area contributed by atoms with E-state index in [0.29, 0.717) is 28.0 Å². The van der Waals surface area contributed by atoms with Crippen LogP contribution in [0.2, 0.25) is 10.0 Å². The Morgan fingerprint density at radius 3 is 2.38 bits per heavy atom. The summed E-state index contributed by atoms with van der Waals surface area (Å²) in [6.45, 7) is 2.80. The van der Waals surface area contributed by atoms with Crippen LogP contribution in [0, 0.1) is 0 Å². The molecular formula is C21H24Cl2O3. The highest BCUT2D eigenvalue weighted by molar-refractivity contribution is 6.42. The Balaban J connectivity index is 1.92. The van der Waals surface area contributed by atoms with Crippen molar-refractivity contribution in [3.63, 3.8) is 0 Å². The number of rotatable bonds is 10. The molecule has 26 heavy (non-hydrogen) atoms. The summed E-state index contributed by atoms with van der Waals surface area (Å²) in [7, 11) is 0. The van der Waals surface area contributed by atoms with Crippen LogP contribution >= 0.6 is 23.2 Å². The lowest BCUT2D eigenvalue weighted by molar-refractivity contribution is 0.103. The number of phenols is 1. The van der Waals surface area contributed by atoms with Gasteiger partial charge in [-0.05, 0) is 36.8 Å². The van der Waals surface area contributed by atoms with Crippen LogP contribution in [0.15, 0.2) is 36.4 Å². The molecule has 0 saturated carbocycles. The van der Waals surface area contributed by atoms with Crippen LogP contribution < -0.4 is 4.74 Å². The molecular weight excluding hydrogens is 371 g/mol. The zero-order chi connectivity index (χ0) is 18.9. The van der Waals surface area contributed by atoms with Crippen molar-refractivity contribution >= 4 is 29.0 Å². The Morgan fingerprint density at radius 1 is 0.962 bits per heavy atom. The molecule has 0 aliphatic heterocycles. The van der Waals surface area contributed by atoms with E-state index in [2.05, 4.69) is 6.92 Å². The number of phenolic OH excluding ortho intramolecular Hbond substituents is 1. The van der Waals surface area contributed by atoms with E-state index < -0.39 is 0 Å². The second-order valence-corrected chi connectivity index (χ2v) is 7.07. The molecule has 140 valence electrons. The van der Waals surface area contributed by atoms with Gasteiger partial charge in [0, 0.05) is 11.6 Å². The van der Waals surface area contributed by atoms with Crippen LogP contribution in [0.5, 0.6) is 11.5 Å². The smallest absolute Gasteiger partial charge is 0.196 e. The summed E-state index contributed by atoms with van der Waals surface area (Å²) in [6, 6.07) is 9.37. The number of ether oxygens (including phenoxy) is 1. The van der Waals surface area contributed by atoms with Gasteiger partial charge in [-0.1, -0.05) is 62.2 Å². The third kappa shape index (κ3) is 5.93. The molecule has 0 saturated heterocycles. The van der Waals surface area contributed by atoms with E-state index in [4.69, 9.17) is 27.9 Å². The van der Waals surface area contributed by atoms with Crippen LogP contribution in [0.25, 0.3) is 0 Å². The van der Waals surface area contributed by atoms with E-state index >= 15 is 0 Å². The van der Waals surface area contributed by atoms with Gasteiger partial charge in [-0.2, -0.15) is 0 Å². The van der Waals surface area contributed by atoms with E-state index in [1.807, 2.05) is 0 Å². The molecule has 0 bridgehead atoms. The normalized spacial score (nSPS) is 10.7. The first-order chi connectivity index (χ1) is 12.5. The number of unbranched alkanes of at least 4 members (excludes halogenated alkanes) is 5. The zero-order valence-electron chi connectivity index (χ0n) is 14.9. The van der Waals surface area contributed by atoms with E-state index in [9.17, 15) is 9.90 Å². The minimum absolute atomic E-state index is 0.110. The minimum Gasteiger partial charge on any atom is -0.507 e.